The minimum absolute atomic E-state index is 0.142. The number of rotatable bonds is 4. The van der Waals surface area contributed by atoms with Crippen LogP contribution in [-0.2, 0) is 0 Å². The van der Waals surface area contributed by atoms with Crippen molar-refractivity contribution >= 4 is 34.8 Å². The molecule has 0 spiro atoms. The lowest BCUT2D eigenvalue weighted by molar-refractivity contribution is 0.101. The highest BCUT2D eigenvalue weighted by Crippen LogP contribution is 2.17. The van der Waals surface area contributed by atoms with Crippen LogP contribution in [0.3, 0.4) is 0 Å². The fourth-order valence-electron chi connectivity index (χ4n) is 2.69. The van der Waals surface area contributed by atoms with Crippen LogP contribution >= 0.6 is 11.6 Å². The summed E-state index contributed by atoms with van der Waals surface area (Å²) in [6, 6.07) is 17.3. The molecule has 1 aromatic heterocycles. The molecule has 0 aliphatic carbocycles. The highest BCUT2D eigenvalue weighted by atomic mass is 35.5. The summed E-state index contributed by atoms with van der Waals surface area (Å²) in [5, 5.41) is 6.04. The summed E-state index contributed by atoms with van der Waals surface area (Å²) in [5.74, 6) is -0.796. The number of nitrogens with one attached hydrogen (secondary N) is 2. The third-order valence-electron chi connectivity index (χ3n) is 3.78. The maximum atomic E-state index is 12.5. The fourth-order valence-corrected chi connectivity index (χ4v) is 2.88. The Morgan fingerprint density at radius 1 is 0.778 bits per heavy atom. The van der Waals surface area contributed by atoms with E-state index in [2.05, 4.69) is 15.6 Å². The normalized spacial score (nSPS) is 10.3. The summed E-state index contributed by atoms with van der Waals surface area (Å²) in [4.78, 5) is 29.1. The van der Waals surface area contributed by atoms with E-state index in [0.29, 0.717) is 16.4 Å². The van der Waals surface area contributed by atoms with E-state index >= 15 is 0 Å². The molecule has 5 nitrogen and oxygen atoms in total. The van der Waals surface area contributed by atoms with Crippen LogP contribution in [0.4, 0.5) is 11.4 Å². The number of pyridine rings is 1. The molecule has 0 radical (unpaired) electrons. The number of hydrogen-bond donors (Lipinski definition) is 2. The molecule has 0 saturated heterocycles. The van der Waals surface area contributed by atoms with E-state index in [1.807, 2.05) is 32.0 Å². The molecule has 0 aliphatic heterocycles. The van der Waals surface area contributed by atoms with Crippen molar-refractivity contribution in [1.82, 2.24) is 4.98 Å². The molecule has 3 aromatic rings. The van der Waals surface area contributed by atoms with Gasteiger partial charge >= 0.3 is 0 Å². The molecule has 2 N–H and O–H groups in total. The Hall–Kier alpha value is -3.18. The SMILES string of the molecule is Cc1cc(C)cc(NC(=O)c2cccc(C(=O)Nc3cccc(Cl)c3)n2)c1. The summed E-state index contributed by atoms with van der Waals surface area (Å²) >= 11 is 5.92. The molecule has 3 rings (SSSR count). The van der Waals surface area contributed by atoms with E-state index in [0.717, 1.165) is 11.1 Å². The highest BCUT2D eigenvalue weighted by molar-refractivity contribution is 6.31. The van der Waals surface area contributed by atoms with Crippen LogP contribution in [0.5, 0.6) is 0 Å². The Bertz CT molecular complexity index is 998. The van der Waals surface area contributed by atoms with Gasteiger partial charge in [-0.2, -0.15) is 0 Å². The number of hydrogen-bond acceptors (Lipinski definition) is 3. The van der Waals surface area contributed by atoms with Gasteiger partial charge in [-0.3, -0.25) is 9.59 Å². The number of nitrogens with zero attached hydrogens (tertiary/aromatic N) is 1. The number of carbonyl (C=O) groups is 2. The van der Waals surface area contributed by atoms with Gasteiger partial charge in [0.1, 0.15) is 11.4 Å². The summed E-state index contributed by atoms with van der Waals surface area (Å²) in [6.07, 6.45) is 0. The third-order valence-corrected chi connectivity index (χ3v) is 4.01. The Morgan fingerprint density at radius 2 is 1.33 bits per heavy atom. The first-order chi connectivity index (χ1) is 12.9. The van der Waals surface area contributed by atoms with Gasteiger partial charge in [-0.15, -0.1) is 0 Å². The van der Waals surface area contributed by atoms with Crippen molar-refractivity contribution in [2.45, 2.75) is 13.8 Å². The molecule has 0 saturated carbocycles. The maximum absolute atomic E-state index is 12.5. The van der Waals surface area contributed by atoms with Crippen molar-refractivity contribution in [3.8, 4) is 0 Å². The largest absolute Gasteiger partial charge is 0.321 e. The first-order valence-electron chi connectivity index (χ1n) is 8.34. The molecule has 1 heterocycles. The number of carbonyl (C=O) groups excluding carboxylic acids is 2. The minimum Gasteiger partial charge on any atom is -0.321 e. The predicted molar refractivity (Wildman–Crippen MR) is 108 cm³/mol. The Labute approximate surface area is 162 Å². The van der Waals surface area contributed by atoms with Gasteiger partial charge in [-0.1, -0.05) is 29.8 Å². The average Bonchev–Trinajstić information content (AvgIpc) is 2.61. The van der Waals surface area contributed by atoms with Crippen molar-refractivity contribution in [3.05, 3.63) is 88.2 Å². The van der Waals surface area contributed by atoms with E-state index < -0.39 is 5.91 Å². The molecule has 0 atom stereocenters. The lowest BCUT2D eigenvalue weighted by atomic mass is 10.1. The van der Waals surface area contributed by atoms with E-state index in [4.69, 9.17) is 11.6 Å². The van der Waals surface area contributed by atoms with Gasteiger partial charge in [0.15, 0.2) is 0 Å². The lowest BCUT2D eigenvalue weighted by Crippen LogP contribution is -2.18. The number of benzene rings is 2. The smallest absolute Gasteiger partial charge is 0.274 e. The summed E-state index contributed by atoms with van der Waals surface area (Å²) in [7, 11) is 0. The quantitative estimate of drug-likeness (QED) is 0.680. The van der Waals surface area contributed by atoms with Crippen LogP contribution in [0, 0.1) is 13.8 Å². The first kappa shape index (κ1) is 18.6. The van der Waals surface area contributed by atoms with Crippen molar-refractivity contribution in [2.75, 3.05) is 10.6 Å². The Morgan fingerprint density at radius 3 is 1.93 bits per heavy atom. The van der Waals surface area contributed by atoms with E-state index in [-0.39, 0.29) is 17.3 Å². The van der Waals surface area contributed by atoms with Crippen molar-refractivity contribution in [1.29, 1.82) is 0 Å². The van der Waals surface area contributed by atoms with Gasteiger partial charge in [0, 0.05) is 16.4 Å². The number of anilines is 2. The minimum atomic E-state index is -0.418. The summed E-state index contributed by atoms with van der Waals surface area (Å²) in [5.41, 5.74) is 3.64. The van der Waals surface area contributed by atoms with Gasteiger partial charge in [0.25, 0.3) is 11.8 Å². The molecular formula is C21H18ClN3O2. The molecule has 27 heavy (non-hydrogen) atoms. The monoisotopic (exact) mass is 379 g/mol. The van der Waals surface area contributed by atoms with Crippen molar-refractivity contribution in [3.63, 3.8) is 0 Å². The molecule has 2 amide bonds. The van der Waals surface area contributed by atoms with Gasteiger partial charge in [0.05, 0.1) is 0 Å². The number of aromatic nitrogens is 1. The van der Waals surface area contributed by atoms with E-state index in [1.165, 1.54) is 0 Å². The number of amides is 2. The molecular weight excluding hydrogens is 362 g/mol. The maximum Gasteiger partial charge on any atom is 0.274 e. The van der Waals surface area contributed by atoms with Crippen LogP contribution in [-0.4, -0.2) is 16.8 Å². The first-order valence-corrected chi connectivity index (χ1v) is 8.72. The zero-order valence-corrected chi connectivity index (χ0v) is 15.7. The van der Waals surface area contributed by atoms with Gasteiger partial charge in [-0.05, 0) is 67.4 Å². The van der Waals surface area contributed by atoms with Crippen LogP contribution in [0.15, 0.2) is 60.7 Å². The molecule has 2 aromatic carbocycles. The Balaban J connectivity index is 1.76. The zero-order chi connectivity index (χ0) is 19.4. The van der Waals surface area contributed by atoms with Crippen molar-refractivity contribution in [2.24, 2.45) is 0 Å². The second-order valence-corrected chi connectivity index (χ2v) is 6.64. The van der Waals surface area contributed by atoms with Crippen LogP contribution in [0.25, 0.3) is 0 Å². The topological polar surface area (TPSA) is 71.1 Å². The zero-order valence-electron chi connectivity index (χ0n) is 14.9. The van der Waals surface area contributed by atoms with Crippen LogP contribution in [0.1, 0.15) is 32.1 Å². The van der Waals surface area contributed by atoms with E-state index in [1.54, 1.807) is 42.5 Å². The van der Waals surface area contributed by atoms with E-state index in [9.17, 15) is 9.59 Å². The summed E-state index contributed by atoms with van der Waals surface area (Å²) < 4.78 is 0. The van der Waals surface area contributed by atoms with Gasteiger partial charge < -0.3 is 10.6 Å². The standard InChI is InChI=1S/C21H18ClN3O2/c1-13-9-14(2)11-17(10-13)24-21(27)19-8-4-7-18(25-19)20(26)23-16-6-3-5-15(22)12-16/h3-12H,1-2H3,(H,23,26)(H,24,27). The fraction of sp³-hybridized carbons (Fsp3) is 0.0952. The third kappa shape index (κ3) is 4.92. The molecule has 136 valence electrons. The van der Waals surface area contributed by atoms with Crippen LogP contribution in [0.2, 0.25) is 5.02 Å². The predicted octanol–water partition coefficient (Wildman–Crippen LogP) is 4.86. The second kappa shape index (κ2) is 8.01. The molecule has 0 bridgehead atoms. The summed E-state index contributed by atoms with van der Waals surface area (Å²) in [6.45, 7) is 3.92. The highest BCUT2D eigenvalue weighted by Gasteiger charge is 2.13. The average molecular weight is 380 g/mol. The number of aryl methyl sites for hydroxylation is 2. The Kier molecular flexibility index (Phi) is 5.52. The molecule has 0 aliphatic rings. The van der Waals surface area contributed by atoms with Crippen LogP contribution < -0.4 is 10.6 Å². The van der Waals surface area contributed by atoms with Gasteiger partial charge in [0.2, 0.25) is 0 Å². The molecule has 0 fully saturated rings. The molecule has 0 unspecified atom stereocenters. The van der Waals surface area contributed by atoms with Gasteiger partial charge in [-0.25, -0.2) is 4.98 Å². The van der Waals surface area contributed by atoms with Crippen molar-refractivity contribution < 1.29 is 9.59 Å². The second-order valence-electron chi connectivity index (χ2n) is 6.20. The molecule has 6 heteroatoms. The number of halogens is 1. The lowest BCUT2D eigenvalue weighted by Gasteiger charge is -2.09.